The molecule has 0 aromatic heterocycles. The first kappa shape index (κ1) is 36.9. The van der Waals surface area contributed by atoms with Crippen molar-refractivity contribution in [1.82, 2.24) is 40.4 Å². The number of carbonyl (C=O) groups is 6. The van der Waals surface area contributed by atoms with Gasteiger partial charge in [-0.3, -0.25) is 38.9 Å². The van der Waals surface area contributed by atoms with Crippen LogP contribution >= 0.6 is 0 Å². The highest BCUT2D eigenvalue weighted by atomic mass is 16.2. The monoisotopic (exact) mass is 650 g/mol. The molecule has 3 aliphatic heterocycles. The van der Waals surface area contributed by atoms with Gasteiger partial charge < -0.3 is 16.0 Å². The lowest BCUT2D eigenvalue weighted by molar-refractivity contribution is -0.131. The van der Waals surface area contributed by atoms with E-state index in [1.54, 1.807) is 34.6 Å². The molecule has 0 saturated carbocycles. The van der Waals surface area contributed by atoms with Gasteiger partial charge in [-0.05, 0) is 53.9 Å². The van der Waals surface area contributed by atoms with Crippen molar-refractivity contribution in [3.8, 4) is 36.5 Å². The quantitative estimate of drug-likeness (QED) is 0.160. The summed E-state index contributed by atoms with van der Waals surface area (Å²) in [7, 11) is 0. The molecule has 0 bridgehead atoms. The van der Waals surface area contributed by atoms with E-state index >= 15 is 0 Å². The van der Waals surface area contributed by atoms with Crippen LogP contribution in [-0.2, 0) is 14.4 Å². The van der Waals surface area contributed by atoms with Crippen molar-refractivity contribution >= 4 is 35.8 Å². The van der Waals surface area contributed by atoms with E-state index in [0.717, 1.165) is 0 Å². The molecule has 0 spiro atoms. The molecule has 1 atom stereocenters. The zero-order valence-electron chi connectivity index (χ0n) is 28.0. The molecule has 0 aliphatic carbocycles. The first-order chi connectivity index (χ1) is 22.1. The Labute approximate surface area is 277 Å². The third-order valence-electron chi connectivity index (χ3n) is 8.30. The van der Waals surface area contributed by atoms with E-state index in [1.807, 2.05) is 9.80 Å². The second-order valence-electron chi connectivity index (χ2n) is 13.2. The maximum atomic E-state index is 13.2. The first-order valence-corrected chi connectivity index (χ1v) is 15.8. The Balaban J connectivity index is 1.44. The van der Waals surface area contributed by atoms with E-state index in [2.05, 4.69) is 39.6 Å². The molecular weight excluding hydrogens is 604 g/mol. The lowest BCUT2D eigenvalue weighted by Gasteiger charge is -2.23. The number of terminal acetylenes is 2. The number of carbonyl (C=O) groups excluding carboxylic acids is 6. The zero-order chi connectivity index (χ0) is 35.0. The van der Waals surface area contributed by atoms with Crippen LogP contribution in [0.15, 0.2) is 0 Å². The number of urea groups is 3. The molecule has 3 heterocycles. The molecule has 3 aliphatic rings. The molecular formula is C33H46N8O6. The molecule has 3 fully saturated rings. The fourth-order valence-electron chi connectivity index (χ4n) is 5.62. The van der Waals surface area contributed by atoms with Crippen molar-refractivity contribution in [2.45, 2.75) is 76.9 Å². The summed E-state index contributed by atoms with van der Waals surface area (Å²) in [5.74, 6) is 10.3. The van der Waals surface area contributed by atoms with Gasteiger partial charge in [0.15, 0.2) is 0 Å². The number of amides is 9. The van der Waals surface area contributed by atoms with Gasteiger partial charge in [-0.2, -0.15) is 0 Å². The van der Waals surface area contributed by atoms with E-state index in [1.165, 1.54) is 14.7 Å². The van der Waals surface area contributed by atoms with Crippen LogP contribution in [0.5, 0.6) is 0 Å². The maximum Gasteiger partial charge on any atom is 0.325 e. The summed E-state index contributed by atoms with van der Waals surface area (Å²) < 4.78 is 0. The van der Waals surface area contributed by atoms with Crippen LogP contribution in [0.2, 0.25) is 0 Å². The third-order valence-corrected chi connectivity index (χ3v) is 8.30. The van der Waals surface area contributed by atoms with Crippen LogP contribution in [-0.4, -0.2) is 136 Å². The highest BCUT2D eigenvalue weighted by Gasteiger charge is 2.47. The minimum Gasteiger partial charge on any atom is -0.324 e. The normalized spacial score (nSPS) is 21.5. The fourth-order valence-corrected chi connectivity index (χ4v) is 5.62. The minimum absolute atomic E-state index is 0.109. The largest absolute Gasteiger partial charge is 0.325 e. The van der Waals surface area contributed by atoms with Crippen molar-refractivity contribution < 1.29 is 28.8 Å². The van der Waals surface area contributed by atoms with Crippen LogP contribution < -0.4 is 16.0 Å². The molecule has 47 heavy (non-hydrogen) atoms. The summed E-state index contributed by atoms with van der Waals surface area (Å²) >= 11 is 0. The highest BCUT2D eigenvalue weighted by Crippen LogP contribution is 2.22. The van der Waals surface area contributed by atoms with Gasteiger partial charge in [-0.25, -0.2) is 14.4 Å². The molecule has 0 radical (unpaired) electrons. The molecule has 9 amide bonds. The van der Waals surface area contributed by atoms with Gasteiger partial charge in [-0.1, -0.05) is 23.7 Å². The Bertz CT molecular complexity index is 1420. The number of hydrogen-bond acceptors (Lipinski definition) is 8. The molecule has 3 rings (SSSR count). The Morgan fingerprint density at radius 1 is 0.574 bits per heavy atom. The van der Waals surface area contributed by atoms with E-state index in [4.69, 9.17) is 12.8 Å². The second kappa shape index (κ2) is 15.3. The zero-order valence-corrected chi connectivity index (χ0v) is 28.0. The third kappa shape index (κ3) is 9.03. The molecule has 14 heteroatoms. The molecule has 1 unspecified atom stereocenters. The minimum atomic E-state index is -1.17. The second-order valence-corrected chi connectivity index (χ2v) is 13.2. The van der Waals surface area contributed by atoms with Gasteiger partial charge in [0, 0.05) is 45.7 Å². The van der Waals surface area contributed by atoms with Crippen LogP contribution in [0.3, 0.4) is 0 Å². The predicted molar refractivity (Wildman–Crippen MR) is 174 cm³/mol. The van der Waals surface area contributed by atoms with Crippen LogP contribution in [0.25, 0.3) is 0 Å². The van der Waals surface area contributed by atoms with Crippen LogP contribution in [0.1, 0.15) is 60.3 Å². The molecule has 0 aromatic rings. The van der Waals surface area contributed by atoms with Crippen molar-refractivity contribution in [1.29, 1.82) is 0 Å². The van der Waals surface area contributed by atoms with E-state index in [0.29, 0.717) is 58.5 Å². The molecule has 254 valence electrons. The SMILES string of the molecule is C#CCN(CC#CCC1(C)NC(=O)N(CCCN(CC#C)CCCN2C(=O)NC(C)(C)C2=O)C1=O)CCCN1C(=O)NC(C)(C)C1=O. The van der Waals surface area contributed by atoms with Crippen molar-refractivity contribution in [2.75, 3.05) is 58.9 Å². The summed E-state index contributed by atoms with van der Waals surface area (Å²) in [6.45, 7) is 11.5. The molecule has 0 aromatic carbocycles. The Morgan fingerprint density at radius 2 is 0.979 bits per heavy atom. The summed E-state index contributed by atoms with van der Waals surface area (Å²) in [6, 6.07) is -1.31. The number of nitrogens with one attached hydrogen (secondary N) is 3. The Hall–Kier alpha value is -4.58. The highest BCUT2D eigenvalue weighted by molar-refractivity contribution is 6.07. The lowest BCUT2D eigenvalue weighted by atomic mass is 9.98. The van der Waals surface area contributed by atoms with Gasteiger partial charge in [0.05, 0.1) is 19.6 Å². The van der Waals surface area contributed by atoms with Crippen LogP contribution in [0.4, 0.5) is 14.4 Å². The predicted octanol–water partition coefficient (Wildman–Crippen LogP) is 0.392. The summed E-state index contributed by atoms with van der Waals surface area (Å²) in [5, 5.41) is 8.08. The van der Waals surface area contributed by atoms with E-state index in [9.17, 15) is 28.8 Å². The average molecular weight is 651 g/mol. The van der Waals surface area contributed by atoms with Crippen molar-refractivity contribution in [2.24, 2.45) is 0 Å². The number of hydrogen-bond donors (Lipinski definition) is 3. The number of nitrogens with zero attached hydrogens (tertiary/aromatic N) is 5. The lowest BCUT2D eigenvalue weighted by Crippen LogP contribution is -2.43. The molecule has 14 nitrogen and oxygen atoms in total. The summed E-state index contributed by atoms with van der Waals surface area (Å²) in [4.78, 5) is 82.4. The van der Waals surface area contributed by atoms with E-state index < -0.39 is 34.7 Å². The summed E-state index contributed by atoms with van der Waals surface area (Å²) in [5.41, 5.74) is -3.01. The summed E-state index contributed by atoms with van der Waals surface area (Å²) in [6.07, 6.45) is 12.7. The number of rotatable bonds is 16. The molecule has 3 N–H and O–H groups in total. The van der Waals surface area contributed by atoms with Crippen LogP contribution in [0, 0.1) is 36.5 Å². The van der Waals surface area contributed by atoms with Gasteiger partial charge in [0.25, 0.3) is 17.7 Å². The fraction of sp³-hybridized carbons (Fsp3) is 0.636. The van der Waals surface area contributed by atoms with Crippen molar-refractivity contribution in [3.05, 3.63) is 0 Å². The Kier molecular flexibility index (Phi) is 12.0. The van der Waals surface area contributed by atoms with Gasteiger partial charge in [-0.15, -0.1) is 12.8 Å². The Morgan fingerprint density at radius 3 is 1.40 bits per heavy atom. The average Bonchev–Trinajstić information content (AvgIpc) is 3.42. The van der Waals surface area contributed by atoms with Gasteiger partial charge >= 0.3 is 18.1 Å². The number of imide groups is 3. The van der Waals surface area contributed by atoms with Gasteiger partial charge in [0.1, 0.15) is 16.6 Å². The van der Waals surface area contributed by atoms with Crippen molar-refractivity contribution in [3.63, 3.8) is 0 Å². The molecule has 3 saturated heterocycles. The standard InChI is InChI=1S/C33H46N8O6/c1-8-16-37(19-12-22-39-25(42)31(3,4)34-28(39)45)18-11-10-15-33(7)27(44)41(30(47)36-33)24-14-21-38(17-9-2)20-13-23-40-26(43)32(5,6)35-29(40)46/h1-2H,12-24H2,3-7H3,(H,34,45)(H,35,46)(H,36,47). The maximum absolute atomic E-state index is 13.2. The smallest absolute Gasteiger partial charge is 0.324 e. The topological polar surface area (TPSA) is 155 Å². The van der Waals surface area contributed by atoms with E-state index in [-0.39, 0.29) is 43.8 Å². The first-order valence-electron chi connectivity index (χ1n) is 15.8. The van der Waals surface area contributed by atoms with Gasteiger partial charge in [0.2, 0.25) is 0 Å².